The van der Waals surface area contributed by atoms with Crippen LogP contribution in [0.25, 0.3) is 0 Å². The summed E-state index contributed by atoms with van der Waals surface area (Å²) in [6.07, 6.45) is 8.11. The summed E-state index contributed by atoms with van der Waals surface area (Å²) in [5.74, 6) is 0.604. The summed E-state index contributed by atoms with van der Waals surface area (Å²) in [5.41, 5.74) is -0.464. The van der Waals surface area contributed by atoms with Gasteiger partial charge in [-0.05, 0) is 31.9 Å². The number of hydrogen-bond donors (Lipinski definition) is 1. The summed E-state index contributed by atoms with van der Waals surface area (Å²) in [6.45, 7) is 2.19. The molecule has 5 nitrogen and oxygen atoms in total. The Bertz CT molecular complexity index is 574. The topological polar surface area (TPSA) is 62.3 Å². The number of rotatable bonds is 5. The van der Waals surface area contributed by atoms with Crippen molar-refractivity contribution in [3.05, 3.63) is 30.1 Å². The largest absolute Gasteiger partial charge is 0.325 e. The number of imide groups is 1. The molecule has 0 spiro atoms. The van der Waals surface area contributed by atoms with E-state index in [1.54, 1.807) is 25.3 Å². The third-order valence-corrected chi connectivity index (χ3v) is 6.03. The lowest BCUT2D eigenvalue weighted by Gasteiger charge is -2.23. The van der Waals surface area contributed by atoms with E-state index in [9.17, 15) is 9.59 Å². The molecular formula is C17H23N3O2S. The summed E-state index contributed by atoms with van der Waals surface area (Å²) in [6, 6.07) is 5.09. The first kappa shape index (κ1) is 16.3. The lowest BCUT2D eigenvalue weighted by molar-refractivity contribution is -0.131. The lowest BCUT2D eigenvalue weighted by Crippen LogP contribution is -2.41. The fraction of sp³-hybridized carbons (Fsp3) is 0.588. The van der Waals surface area contributed by atoms with Crippen molar-refractivity contribution in [2.24, 2.45) is 0 Å². The van der Waals surface area contributed by atoms with E-state index >= 15 is 0 Å². The summed E-state index contributed by atoms with van der Waals surface area (Å²) in [4.78, 5) is 30.5. The van der Waals surface area contributed by atoms with Gasteiger partial charge in [0.05, 0.1) is 5.69 Å². The molecule has 124 valence electrons. The van der Waals surface area contributed by atoms with Crippen LogP contribution in [-0.2, 0) is 10.3 Å². The minimum atomic E-state index is -1.05. The van der Waals surface area contributed by atoms with E-state index < -0.39 is 5.54 Å². The molecule has 1 aliphatic carbocycles. The van der Waals surface area contributed by atoms with Crippen LogP contribution in [0, 0.1) is 0 Å². The van der Waals surface area contributed by atoms with Crippen LogP contribution >= 0.6 is 11.8 Å². The lowest BCUT2D eigenvalue weighted by atomic mass is 9.97. The number of nitrogens with zero attached hydrogens (tertiary/aromatic N) is 2. The third kappa shape index (κ3) is 3.37. The molecule has 1 unspecified atom stereocenters. The van der Waals surface area contributed by atoms with Gasteiger partial charge in [0, 0.05) is 23.7 Å². The molecule has 0 radical (unpaired) electrons. The fourth-order valence-electron chi connectivity index (χ4n) is 3.27. The van der Waals surface area contributed by atoms with E-state index in [2.05, 4.69) is 10.3 Å². The van der Waals surface area contributed by atoms with Crippen molar-refractivity contribution >= 4 is 23.7 Å². The molecule has 1 aliphatic heterocycles. The van der Waals surface area contributed by atoms with Gasteiger partial charge in [0.15, 0.2) is 5.54 Å². The van der Waals surface area contributed by atoms with Gasteiger partial charge in [-0.15, -0.1) is 0 Å². The van der Waals surface area contributed by atoms with Crippen LogP contribution in [0.4, 0.5) is 4.79 Å². The van der Waals surface area contributed by atoms with Crippen molar-refractivity contribution in [1.82, 2.24) is 15.2 Å². The van der Waals surface area contributed by atoms with Crippen LogP contribution in [0.1, 0.15) is 44.7 Å². The smallest absolute Gasteiger partial charge is 0.318 e. The summed E-state index contributed by atoms with van der Waals surface area (Å²) >= 11 is 1.89. The maximum absolute atomic E-state index is 12.7. The van der Waals surface area contributed by atoms with Crippen molar-refractivity contribution in [3.63, 3.8) is 0 Å². The highest BCUT2D eigenvalue weighted by Crippen LogP contribution is 2.30. The normalized spacial score (nSPS) is 25.7. The first-order valence-corrected chi connectivity index (χ1v) is 9.33. The zero-order valence-electron chi connectivity index (χ0n) is 13.5. The van der Waals surface area contributed by atoms with Gasteiger partial charge in [-0.3, -0.25) is 14.7 Å². The number of thioether (sulfide) groups is 1. The molecule has 0 aromatic carbocycles. The summed E-state index contributed by atoms with van der Waals surface area (Å²) < 4.78 is 0. The second kappa shape index (κ2) is 6.91. The molecule has 2 aliphatic rings. The molecule has 1 aromatic rings. The number of urea groups is 1. The van der Waals surface area contributed by atoms with Crippen molar-refractivity contribution < 1.29 is 9.59 Å². The molecule has 1 aromatic heterocycles. The third-order valence-electron chi connectivity index (χ3n) is 4.67. The molecule has 1 saturated carbocycles. The van der Waals surface area contributed by atoms with E-state index in [0.717, 1.165) is 5.75 Å². The first-order chi connectivity index (χ1) is 11.1. The van der Waals surface area contributed by atoms with Crippen molar-refractivity contribution in [2.45, 2.75) is 49.8 Å². The van der Waals surface area contributed by atoms with Gasteiger partial charge in [0.1, 0.15) is 0 Å². The Hall–Kier alpha value is -1.56. The van der Waals surface area contributed by atoms with Crippen LogP contribution in [0.5, 0.6) is 0 Å². The van der Waals surface area contributed by atoms with E-state index in [4.69, 9.17) is 0 Å². The Labute approximate surface area is 141 Å². The van der Waals surface area contributed by atoms with Gasteiger partial charge in [0.25, 0.3) is 5.91 Å². The van der Waals surface area contributed by atoms with Crippen molar-refractivity contribution in [3.8, 4) is 0 Å². The van der Waals surface area contributed by atoms with Gasteiger partial charge < -0.3 is 5.32 Å². The van der Waals surface area contributed by atoms with Crippen molar-refractivity contribution in [1.29, 1.82) is 0 Å². The second-order valence-electron chi connectivity index (χ2n) is 6.36. The molecule has 1 N–H and O–H groups in total. The molecule has 6 heteroatoms. The highest BCUT2D eigenvalue weighted by atomic mass is 32.2. The monoisotopic (exact) mass is 333 g/mol. The van der Waals surface area contributed by atoms with E-state index in [1.165, 1.54) is 37.0 Å². The Kier molecular flexibility index (Phi) is 4.90. The Morgan fingerprint density at radius 1 is 1.30 bits per heavy atom. The average Bonchev–Trinajstić information content (AvgIpc) is 2.81. The highest BCUT2D eigenvalue weighted by Gasteiger charge is 2.49. The van der Waals surface area contributed by atoms with Crippen LogP contribution in [0.15, 0.2) is 24.4 Å². The Morgan fingerprint density at radius 2 is 2.09 bits per heavy atom. The van der Waals surface area contributed by atoms with Crippen LogP contribution in [0.3, 0.4) is 0 Å². The maximum Gasteiger partial charge on any atom is 0.325 e. The van der Waals surface area contributed by atoms with E-state index in [1.807, 2.05) is 17.8 Å². The zero-order chi connectivity index (χ0) is 16.3. The molecular weight excluding hydrogens is 310 g/mol. The van der Waals surface area contributed by atoms with Crippen LogP contribution in [0.2, 0.25) is 0 Å². The molecule has 1 saturated heterocycles. The fourth-order valence-corrected chi connectivity index (χ4v) is 4.56. The quantitative estimate of drug-likeness (QED) is 0.842. The number of carbonyl (C=O) groups is 2. The first-order valence-electron chi connectivity index (χ1n) is 8.28. The van der Waals surface area contributed by atoms with E-state index in [0.29, 0.717) is 17.5 Å². The number of nitrogens with one attached hydrogen (secondary N) is 1. The predicted octanol–water partition coefficient (Wildman–Crippen LogP) is 2.91. The Balaban J connectivity index is 1.60. The number of aromatic nitrogens is 1. The summed E-state index contributed by atoms with van der Waals surface area (Å²) in [7, 11) is 0. The van der Waals surface area contributed by atoms with Gasteiger partial charge in [-0.25, -0.2) is 4.79 Å². The number of hydrogen-bond acceptors (Lipinski definition) is 4. The minimum Gasteiger partial charge on any atom is -0.318 e. The zero-order valence-corrected chi connectivity index (χ0v) is 14.3. The van der Waals surface area contributed by atoms with Crippen LogP contribution in [-0.4, -0.2) is 39.4 Å². The van der Waals surface area contributed by atoms with Gasteiger partial charge in [-0.2, -0.15) is 11.8 Å². The number of carbonyl (C=O) groups excluding carboxylic acids is 2. The second-order valence-corrected chi connectivity index (χ2v) is 7.77. The maximum atomic E-state index is 12.7. The molecule has 23 heavy (non-hydrogen) atoms. The average molecular weight is 333 g/mol. The van der Waals surface area contributed by atoms with Gasteiger partial charge in [-0.1, -0.05) is 25.3 Å². The van der Waals surface area contributed by atoms with Gasteiger partial charge >= 0.3 is 6.03 Å². The minimum absolute atomic E-state index is 0.203. The number of pyridine rings is 1. The van der Waals surface area contributed by atoms with Crippen LogP contribution < -0.4 is 5.32 Å². The molecule has 2 heterocycles. The van der Waals surface area contributed by atoms with E-state index in [-0.39, 0.29) is 11.9 Å². The predicted molar refractivity (Wildman–Crippen MR) is 91.2 cm³/mol. The molecule has 3 amide bonds. The highest BCUT2D eigenvalue weighted by molar-refractivity contribution is 7.99. The Morgan fingerprint density at radius 3 is 2.78 bits per heavy atom. The number of amides is 3. The molecule has 1 atom stereocenters. The molecule has 2 fully saturated rings. The van der Waals surface area contributed by atoms with Crippen molar-refractivity contribution in [2.75, 3.05) is 12.3 Å². The molecule has 0 bridgehead atoms. The molecule has 3 rings (SSSR count). The van der Waals surface area contributed by atoms with Gasteiger partial charge in [0.2, 0.25) is 0 Å². The standard InChI is InChI=1S/C17H23N3O2S/c1-17(14-9-5-6-10-18-14)15(21)20(16(22)19-17)11-12-23-13-7-3-2-4-8-13/h5-6,9-10,13H,2-4,7-8,11-12H2,1H3,(H,19,22). The summed E-state index contributed by atoms with van der Waals surface area (Å²) in [5, 5.41) is 3.49. The SMILES string of the molecule is CC1(c2ccccn2)NC(=O)N(CCSC2CCCCC2)C1=O.